The third kappa shape index (κ3) is 5.39. The normalized spacial score (nSPS) is 22.6. The van der Waals surface area contributed by atoms with Crippen molar-refractivity contribution < 1.29 is 9.53 Å². The van der Waals surface area contributed by atoms with E-state index in [0.717, 1.165) is 25.2 Å². The van der Waals surface area contributed by atoms with Crippen molar-refractivity contribution in [1.29, 1.82) is 0 Å². The molecule has 162 valence electrons. The van der Waals surface area contributed by atoms with Crippen molar-refractivity contribution in [3.8, 4) is 0 Å². The molecule has 0 spiro atoms. The fourth-order valence-corrected chi connectivity index (χ4v) is 3.73. The van der Waals surface area contributed by atoms with Crippen LogP contribution in [0.4, 0.5) is 0 Å². The Kier molecular flexibility index (Phi) is 11.0. The fourth-order valence-electron chi connectivity index (χ4n) is 3.73. The number of hydrogen-bond donors (Lipinski definition) is 2. The zero-order valence-electron chi connectivity index (χ0n) is 17.8. The Bertz CT molecular complexity index is 623. The van der Waals surface area contributed by atoms with Crippen LogP contribution in [0.1, 0.15) is 52.2 Å². The fraction of sp³-hybridized carbons (Fsp3) is 0.667. The van der Waals surface area contributed by atoms with Gasteiger partial charge in [-0.15, -0.1) is 24.8 Å². The lowest BCUT2D eigenvalue weighted by Crippen LogP contribution is -2.75. The van der Waals surface area contributed by atoms with Crippen LogP contribution in [0.5, 0.6) is 0 Å². The van der Waals surface area contributed by atoms with Gasteiger partial charge in [-0.3, -0.25) is 9.69 Å². The van der Waals surface area contributed by atoms with Gasteiger partial charge in [0.15, 0.2) is 0 Å². The summed E-state index contributed by atoms with van der Waals surface area (Å²) in [6.45, 7) is 14.4. The number of benzene rings is 1. The molecule has 1 aliphatic carbocycles. The molecule has 1 amide bonds. The topological polar surface area (TPSA) is 67.6 Å². The number of nitrogens with two attached hydrogens (primary N) is 1. The smallest absolute Gasteiger partial charge is 0.241 e. The highest BCUT2D eigenvalue weighted by atomic mass is 35.5. The zero-order valence-corrected chi connectivity index (χ0v) is 19.4. The molecule has 1 aliphatic rings. The average molecular weight is 434 g/mol. The van der Waals surface area contributed by atoms with Crippen LogP contribution in [0.15, 0.2) is 24.3 Å². The maximum atomic E-state index is 12.8. The van der Waals surface area contributed by atoms with Crippen LogP contribution >= 0.6 is 24.8 Å². The van der Waals surface area contributed by atoms with Gasteiger partial charge in [0.2, 0.25) is 5.91 Å². The number of carbonyl (C=O) groups excluding carboxylic acids is 1. The van der Waals surface area contributed by atoms with Crippen LogP contribution in [-0.4, -0.2) is 42.1 Å². The van der Waals surface area contributed by atoms with Crippen LogP contribution in [0.3, 0.4) is 0 Å². The first-order valence-corrected chi connectivity index (χ1v) is 9.78. The molecule has 3 N–H and O–H groups in total. The third-order valence-corrected chi connectivity index (χ3v) is 6.08. The summed E-state index contributed by atoms with van der Waals surface area (Å²) in [5, 5.41) is 3.07. The Morgan fingerprint density at radius 2 is 1.75 bits per heavy atom. The van der Waals surface area contributed by atoms with E-state index in [4.69, 9.17) is 10.5 Å². The van der Waals surface area contributed by atoms with Gasteiger partial charge in [-0.25, -0.2) is 0 Å². The van der Waals surface area contributed by atoms with Crippen LogP contribution in [0.2, 0.25) is 0 Å². The molecule has 0 aromatic heterocycles. The van der Waals surface area contributed by atoms with Crippen molar-refractivity contribution in [3.63, 3.8) is 0 Å². The second kappa shape index (κ2) is 11.4. The second-order valence-electron chi connectivity index (χ2n) is 7.75. The molecule has 0 bridgehead atoms. The predicted octanol–water partition coefficient (Wildman–Crippen LogP) is 3.52. The van der Waals surface area contributed by atoms with Crippen molar-refractivity contribution in [1.82, 2.24) is 10.2 Å². The van der Waals surface area contributed by atoms with Gasteiger partial charge < -0.3 is 15.8 Å². The summed E-state index contributed by atoms with van der Waals surface area (Å²) in [4.78, 5) is 15.2. The Hall–Kier alpha value is -0.850. The van der Waals surface area contributed by atoms with E-state index < -0.39 is 5.54 Å². The van der Waals surface area contributed by atoms with Gasteiger partial charge in [0.25, 0.3) is 0 Å². The number of carbonyl (C=O) groups is 1. The lowest BCUT2D eigenvalue weighted by molar-refractivity contribution is -0.170. The lowest BCUT2D eigenvalue weighted by atomic mass is 9.54. The maximum absolute atomic E-state index is 12.8. The molecule has 5 nitrogen and oxygen atoms in total. The average Bonchev–Trinajstić information content (AvgIpc) is 2.64. The highest BCUT2D eigenvalue weighted by Gasteiger charge is 2.62. The highest BCUT2D eigenvalue weighted by Crippen LogP contribution is 2.49. The molecular weight excluding hydrogens is 397 g/mol. The SMILES string of the molecule is CCOC1CC(N)(C(=O)NCc2ccccc2CN(CC)CC)C1(C)C.Cl.Cl. The summed E-state index contributed by atoms with van der Waals surface area (Å²) >= 11 is 0. The molecule has 2 unspecified atom stereocenters. The molecule has 0 heterocycles. The van der Waals surface area contributed by atoms with Gasteiger partial charge in [-0.1, -0.05) is 52.0 Å². The van der Waals surface area contributed by atoms with Gasteiger partial charge in [-0.2, -0.15) is 0 Å². The largest absolute Gasteiger partial charge is 0.378 e. The van der Waals surface area contributed by atoms with Gasteiger partial charge in [-0.05, 0) is 31.1 Å². The predicted molar refractivity (Wildman–Crippen MR) is 120 cm³/mol. The molecule has 1 saturated carbocycles. The molecular formula is C21H37Cl2N3O2. The van der Waals surface area contributed by atoms with E-state index in [-0.39, 0.29) is 42.2 Å². The lowest BCUT2D eigenvalue weighted by Gasteiger charge is -2.57. The summed E-state index contributed by atoms with van der Waals surface area (Å²) in [6.07, 6.45) is 0.610. The van der Waals surface area contributed by atoms with Crippen molar-refractivity contribution in [2.45, 2.75) is 65.8 Å². The number of halogens is 2. The van der Waals surface area contributed by atoms with Crippen molar-refractivity contribution in [3.05, 3.63) is 35.4 Å². The number of hydrogen-bond acceptors (Lipinski definition) is 4. The van der Waals surface area contributed by atoms with Crippen LogP contribution < -0.4 is 11.1 Å². The minimum absolute atomic E-state index is 0. The third-order valence-electron chi connectivity index (χ3n) is 6.08. The molecule has 28 heavy (non-hydrogen) atoms. The number of ether oxygens (including phenoxy) is 1. The summed E-state index contributed by atoms with van der Waals surface area (Å²) in [5.41, 5.74) is 7.63. The maximum Gasteiger partial charge on any atom is 0.241 e. The first-order valence-electron chi connectivity index (χ1n) is 9.78. The molecule has 0 saturated heterocycles. The second-order valence-corrected chi connectivity index (χ2v) is 7.75. The number of nitrogens with one attached hydrogen (secondary N) is 1. The summed E-state index contributed by atoms with van der Waals surface area (Å²) in [5.74, 6) is -0.0869. The minimum atomic E-state index is -0.874. The number of amides is 1. The van der Waals surface area contributed by atoms with Gasteiger partial charge in [0.1, 0.15) is 5.54 Å². The Balaban J connectivity index is 0.00000364. The highest BCUT2D eigenvalue weighted by molar-refractivity contribution is 5.88. The molecule has 1 fully saturated rings. The Morgan fingerprint density at radius 3 is 2.25 bits per heavy atom. The van der Waals surface area contributed by atoms with Gasteiger partial charge >= 0.3 is 0 Å². The van der Waals surface area contributed by atoms with E-state index in [1.54, 1.807) is 0 Å². The summed E-state index contributed by atoms with van der Waals surface area (Å²) in [7, 11) is 0. The van der Waals surface area contributed by atoms with Crippen molar-refractivity contribution >= 4 is 30.7 Å². The quantitative estimate of drug-likeness (QED) is 0.624. The molecule has 1 aromatic rings. The molecule has 2 atom stereocenters. The summed E-state index contributed by atoms with van der Waals surface area (Å²) < 4.78 is 5.72. The van der Waals surface area contributed by atoms with Gasteiger partial charge in [0, 0.05) is 31.5 Å². The van der Waals surface area contributed by atoms with Crippen molar-refractivity contribution in [2.75, 3.05) is 19.7 Å². The van der Waals surface area contributed by atoms with E-state index in [9.17, 15) is 4.79 Å². The molecule has 2 rings (SSSR count). The first-order chi connectivity index (χ1) is 12.3. The molecule has 1 aromatic carbocycles. The van der Waals surface area contributed by atoms with E-state index in [1.807, 2.05) is 26.8 Å². The first kappa shape index (κ1) is 27.1. The monoisotopic (exact) mass is 433 g/mol. The summed E-state index contributed by atoms with van der Waals surface area (Å²) in [6, 6.07) is 8.29. The number of rotatable bonds is 9. The van der Waals surface area contributed by atoms with E-state index >= 15 is 0 Å². The standard InChI is InChI=1S/C21H35N3O2.2ClH/c1-6-24(7-2)15-17-12-10-9-11-16(17)14-23-19(25)21(22)13-18(26-8-3)20(21,4)5;;/h9-12,18H,6-8,13-15,22H2,1-5H3,(H,23,25);2*1H. The zero-order chi connectivity index (χ0) is 19.4. The Labute approximate surface area is 182 Å². The van der Waals surface area contributed by atoms with E-state index in [1.165, 1.54) is 5.56 Å². The number of nitrogens with zero attached hydrogens (tertiary/aromatic N) is 1. The Morgan fingerprint density at radius 1 is 1.18 bits per heavy atom. The minimum Gasteiger partial charge on any atom is -0.378 e. The van der Waals surface area contributed by atoms with Crippen LogP contribution in [-0.2, 0) is 22.6 Å². The van der Waals surface area contributed by atoms with Crippen LogP contribution in [0, 0.1) is 5.41 Å². The van der Waals surface area contributed by atoms with E-state index in [2.05, 4.69) is 42.3 Å². The molecule has 0 aliphatic heterocycles. The van der Waals surface area contributed by atoms with Gasteiger partial charge in [0.05, 0.1) is 6.10 Å². The molecule has 7 heteroatoms. The van der Waals surface area contributed by atoms with Crippen LogP contribution in [0.25, 0.3) is 0 Å². The van der Waals surface area contributed by atoms with Crippen molar-refractivity contribution in [2.24, 2.45) is 11.1 Å². The molecule has 0 radical (unpaired) electrons. The van der Waals surface area contributed by atoms with E-state index in [0.29, 0.717) is 19.6 Å².